The second kappa shape index (κ2) is 5.06. The third-order valence-electron chi connectivity index (χ3n) is 2.63. The van der Waals surface area contributed by atoms with Crippen LogP contribution in [0.2, 0.25) is 0 Å². The lowest BCUT2D eigenvalue weighted by atomic mass is 10.2. The van der Waals surface area contributed by atoms with Crippen LogP contribution in [0.4, 0.5) is 4.39 Å². The molecule has 98 valence electrons. The van der Waals surface area contributed by atoms with Crippen molar-refractivity contribution in [2.45, 2.75) is 13.8 Å². The third-order valence-corrected chi connectivity index (χ3v) is 2.63. The summed E-state index contributed by atoms with van der Waals surface area (Å²) in [4.78, 5) is 4.22. The number of nitrogens with one attached hydrogen (secondary N) is 1. The summed E-state index contributed by atoms with van der Waals surface area (Å²) < 4.78 is 18.7. The molecule has 0 amide bonds. The van der Waals surface area contributed by atoms with Gasteiger partial charge in [0.25, 0.3) is 0 Å². The number of nitrogens with zero attached hydrogens (tertiary/aromatic N) is 1. The van der Waals surface area contributed by atoms with E-state index in [1.807, 2.05) is 6.92 Å². The Balaban J connectivity index is 2.42. The molecule has 0 spiro atoms. The van der Waals surface area contributed by atoms with E-state index < -0.39 is 0 Å². The number of aromatic nitrogens is 1. The number of pyridine rings is 1. The van der Waals surface area contributed by atoms with Crippen LogP contribution in [0.25, 0.3) is 0 Å². The lowest BCUT2D eigenvalue weighted by molar-refractivity contribution is 0.455. The number of nitrogens with two attached hydrogens (primary N) is 1. The number of hydrogen-bond donors (Lipinski definition) is 2. The van der Waals surface area contributed by atoms with Gasteiger partial charge in [-0.15, -0.1) is 0 Å². The summed E-state index contributed by atoms with van der Waals surface area (Å²) in [5.41, 5.74) is 7.30. The number of rotatable bonds is 3. The Kier molecular flexibility index (Phi) is 3.46. The molecule has 2 aromatic rings. The van der Waals surface area contributed by atoms with Crippen LogP contribution < -0.4 is 10.5 Å². The molecular formula is C14H14FN3O. The van der Waals surface area contributed by atoms with Crippen LogP contribution >= 0.6 is 0 Å². The van der Waals surface area contributed by atoms with Crippen molar-refractivity contribution in [3.63, 3.8) is 0 Å². The summed E-state index contributed by atoms with van der Waals surface area (Å²) in [5, 5.41) is 7.50. The van der Waals surface area contributed by atoms with E-state index in [1.54, 1.807) is 19.1 Å². The number of halogens is 1. The zero-order valence-electron chi connectivity index (χ0n) is 10.7. The summed E-state index contributed by atoms with van der Waals surface area (Å²) >= 11 is 0. The molecule has 0 fully saturated rings. The normalized spacial score (nSPS) is 10.3. The minimum Gasteiger partial charge on any atom is -0.438 e. The van der Waals surface area contributed by atoms with E-state index in [4.69, 9.17) is 15.9 Å². The second-order valence-corrected chi connectivity index (χ2v) is 4.23. The van der Waals surface area contributed by atoms with Crippen molar-refractivity contribution >= 4 is 5.84 Å². The first-order valence-corrected chi connectivity index (χ1v) is 5.73. The molecule has 0 aliphatic heterocycles. The first kappa shape index (κ1) is 13.0. The molecular weight excluding hydrogens is 245 g/mol. The molecule has 4 nitrogen and oxygen atoms in total. The van der Waals surface area contributed by atoms with Gasteiger partial charge in [-0.3, -0.25) is 5.41 Å². The Bertz CT molecular complexity index is 641. The first-order chi connectivity index (χ1) is 8.97. The highest BCUT2D eigenvalue weighted by molar-refractivity contribution is 5.97. The highest BCUT2D eigenvalue weighted by Crippen LogP contribution is 2.26. The van der Waals surface area contributed by atoms with Gasteiger partial charge in [-0.2, -0.15) is 0 Å². The molecule has 0 bridgehead atoms. The van der Waals surface area contributed by atoms with Gasteiger partial charge in [0.05, 0.1) is 5.56 Å². The topological polar surface area (TPSA) is 72.0 Å². The van der Waals surface area contributed by atoms with Crippen LogP contribution in [-0.2, 0) is 0 Å². The average molecular weight is 259 g/mol. The molecule has 5 heteroatoms. The minimum absolute atomic E-state index is 0.123. The molecule has 1 aromatic heterocycles. The lowest BCUT2D eigenvalue weighted by Crippen LogP contribution is -2.13. The fourth-order valence-electron chi connectivity index (χ4n) is 1.65. The molecule has 0 saturated heterocycles. The SMILES string of the molecule is Cc1ccc(C(=N)N)c(Oc2ccc(F)cc2C)n1. The average Bonchev–Trinajstić information content (AvgIpc) is 2.32. The molecule has 0 radical (unpaired) electrons. The standard InChI is InChI=1S/C14H14FN3O/c1-8-7-10(15)4-6-12(8)19-14-11(13(16)17)5-3-9(2)18-14/h3-7H,1-2H3,(H3,16,17). The van der Waals surface area contributed by atoms with Crippen LogP contribution in [-0.4, -0.2) is 10.8 Å². The van der Waals surface area contributed by atoms with Crippen molar-refractivity contribution in [2.75, 3.05) is 0 Å². The Morgan fingerprint density at radius 3 is 2.63 bits per heavy atom. The maximum absolute atomic E-state index is 13.0. The van der Waals surface area contributed by atoms with Crippen LogP contribution in [0, 0.1) is 25.1 Å². The van der Waals surface area contributed by atoms with Gasteiger partial charge in [0.15, 0.2) is 0 Å². The van der Waals surface area contributed by atoms with E-state index in [0.717, 1.165) is 5.69 Å². The molecule has 0 saturated carbocycles. The van der Waals surface area contributed by atoms with Gasteiger partial charge < -0.3 is 10.5 Å². The second-order valence-electron chi connectivity index (χ2n) is 4.23. The molecule has 0 atom stereocenters. The van der Waals surface area contributed by atoms with E-state index in [2.05, 4.69) is 4.98 Å². The Hall–Kier alpha value is -2.43. The Morgan fingerprint density at radius 2 is 2.00 bits per heavy atom. The van der Waals surface area contributed by atoms with E-state index in [0.29, 0.717) is 16.9 Å². The highest BCUT2D eigenvalue weighted by atomic mass is 19.1. The quantitative estimate of drug-likeness (QED) is 0.657. The van der Waals surface area contributed by atoms with E-state index >= 15 is 0 Å². The number of aryl methyl sites for hydroxylation is 2. The summed E-state index contributed by atoms with van der Waals surface area (Å²) in [7, 11) is 0. The third kappa shape index (κ3) is 2.88. The fraction of sp³-hybridized carbons (Fsp3) is 0.143. The number of nitrogen functional groups attached to an aromatic ring is 1. The number of amidine groups is 1. The largest absolute Gasteiger partial charge is 0.438 e. The van der Waals surface area contributed by atoms with Crippen molar-refractivity contribution in [3.8, 4) is 11.6 Å². The van der Waals surface area contributed by atoms with Gasteiger partial charge in [-0.1, -0.05) is 0 Å². The summed E-state index contributed by atoms with van der Waals surface area (Å²) in [6.07, 6.45) is 0. The predicted octanol–water partition coefficient (Wildman–Crippen LogP) is 2.91. The fourth-order valence-corrected chi connectivity index (χ4v) is 1.65. The smallest absolute Gasteiger partial charge is 0.230 e. The van der Waals surface area contributed by atoms with Gasteiger partial charge in [-0.05, 0) is 49.7 Å². The number of hydrogen-bond acceptors (Lipinski definition) is 3. The zero-order chi connectivity index (χ0) is 14.0. The van der Waals surface area contributed by atoms with Crippen LogP contribution in [0.1, 0.15) is 16.8 Å². The monoisotopic (exact) mass is 259 g/mol. The van der Waals surface area contributed by atoms with Crippen LogP contribution in [0.5, 0.6) is 11.6 Å². The van der Waals surface area contributed by atoms with Gasteiger partial charge in [0.1, 0.15) is 17.4 Å². The molecule has 3 N–H and O–H groups in total. The van der Waals surface area contributed by atoms with Crippen LogP contribution in [0.15, 0.2) is 30.3 Å². The van der Waals surface area contributed by atoms with Gasteiger partial charge in [-0.25, -0.2) is 9.37 Å². The number of ether oxygens (including phenoxy) is 1. The predicted molar refractivity (Wildman–Crippen MR) is 71.2 cm³/mol. The van der Waals surface area contributed by atoms with E-state index in [9.17, 15) is 4.39 Å². The summed E-state index contributed by atoms with van der Waals surface area (Å²) in [5.74, 6) is 0.292. The zero-order valence-corrected chi connectivity index (χ0v) is 10.7. The maximum Gasteiger partial charge on any atom is 0.230 e. The van der Waals surface area contributed by atoms with Crippen molar-refractivity contribution in [3.05, 3.63) is 53.0 Å². The highest BCUT2D eigenvalue weighted by Gasteiger charge is 2.11. The van der Waals surface area contributed by atoms with Crippen molar-refractivity contribution in [1.29, 1.82) is 5.41 Å². The van der Waals surface area contributed by atoms with Crippen molar-refractivity contribution in [2.24, 2.45) is 5.73 Å². The van der Waals surface area contributed by atoms with Crippen LogP contribution in [0.3, 0.4) is 0 Å². The Morgan fingerprint density at radius 1 is 1.26 bits per heavy atom. The van der Waals surface area contributed by atoms with Gasteiger partial charge >= 0.3 is 0 Å². The lowest BCUT2D eigenvalue weighted by Gasteiger charge is -2.11. The molecule has 0 unspecified atom stereocenters. The summed E-state index contributed by atoms with van der Waals surface area (Å²) in [6, 6.07) is 7.64. The molecule has 1 aromatic carbocycles. The van der Waals surface area contributed by atoms with Crippen molar-refractivity contribution in [1.82, 2.24) is 4.98 Å². The molecule has 1 heterocycles. The molecule has 0 aliphatic rings. The maximum atomic E-state index is 13.0. The Labute approximate surface area is 110 Å². The van der Waals surface area contributed by atoms with E-state index in [1.165, 1.54) is 18.2 Å². The number of benzene rings is 1. The molecule has 2 rings (SSSR count). The molecule has 0 aliphatic carbocycles. The molecule has 19 heavy (non-hydrogen) atoms. The minimum atomic E-state index is -0.325. The van der Waals surface area contributed by atoms with E-state index in [-0.39, 0.29) is 17.5 Å². The van der Waals surface area contributed by atoms with Gasteiger partial charge in [0, 0.05) is 5.69 Å². The van der Waals surface area contributed by atoms with Gasteiger partial charge in [0.2, 0.25) is 5.88 Å². The van der Waals surface area contributed by atoms with Crippen molar-refractivity contribution < 1.29 is 9.13 Å². The summed E-state index contributed by atoms with van der Waals surface area (Å²) in [6.45, 7) is 3.55. The first-order valence-electron chi connectivity index (χ1n) is 5.73.